The number of aryl methyl sites for hydroxylation is 1. The number of benzene rings is 2. The number of rotatable bonds is 7. The summed E-state index contributed by atoms with van der Waals surface area (Å²) >= 11 is 6.05. The standard InChI is InChI=1S/C20H24ClN3O4S/c1-12(2)19(22-14(4)25)20(26)23-15-10-9-13(3)18(11-15)29(27,28)24-17-8-6-5-7-16(17)21/h5-12,19,24H,1-4H3,(H,22,25)(H,23,26). The number of hydrogen-bond donors (Lipinski definition) is 3. The molecule has 2 aromatic rings. The number of halogens is 1. The van der Waals surface area contributed by atoms with Crippen molar-refractivity contribution in [3.63, 3.8) is 0 Å². The summed E-state index contributed by atoms with van der Waals surface area (Å²) in [5.74, 6) is -0.897. The lowest BCUT2D eigenvalue weighted by molar-refractivity contribution is -0.126. The molecule has 0 saturated heterocycles. The third-order valence-corrected chi connectivity index (χ3v) is 6.01. The maximum atomic E-state index is 12.9. The fourth-order valence-corrected chi connectivity index (χ4v) is 4.28. The molecule has 2 amide bonds. The second-order valence-corrected chi connectivity index (χ2v) is 9.04. The van der Waals surface area contributed by atoms with Crippen LogP contribution in [0.25, 0.3) is 0 Å². The highest BCUT2D eigenvalue weighted by Gasteiger charge is 2.24. The molecule has 9 heteroatoms. The summed E-state index contributed by atoms with van der Waals surface area (Å²) in [4.78, 5) is 23.9. The van der Waals surface area contributed by atoms with E-state index in [1.807, 2.05) is 0 Å². The average molecular weight is 438 g/mol. The van der Waals surface area contributed by atoms with Crippen LogP contribution in [0.1, 0.15) is 26.3 Å². The van der Waals surface area contributed by atoms with Crippen LogP contribution < -0.4 is 15.4 Å². The quantitative estimate of drug-likeness (QED) is 0.616. The van der Waals surface area contributed by atoms with Gasteiger partial charge in [-0.3, -0.25) is 14.3 Å². The van der Waals surface area contributed by atoms with Crippen LogP contribution in [0.3, 0.4) is 0 Å². The Labute approximate surface area is 175 Å². The van der Waals surface area contributed by atoms with Crippen molar-refractivity contribution in [3.8, 4) is 0 Å². The zero-order valence-electron chi connectivity index (χ0n) is 16.6. The summed E-state index contributed by atoms with van der Waals surface area (Å²) in [6, 6.07) is 10.3. The third kappa shape index (κ3) is 5.95. The topological polar surface area (TPSA) is 104 Å². The Morgan fingerprint density at radius 3 is 2.31 bits per heavy atom. The Morgan fingerprint density at radius 1 is 1.07 bits per heavy atom. The normalized spacial score (nSPS) is 12.3. The average Bonchev–Trinajstić information content (AvgIpc) is 2.62. The fraction of sp³-hybridized carbons (Fsp3) is 0.300. The van der Waals surface area contributed by atoms with E-state index in [4.69, 9.17) is 11.6 Å². The molecule has 3 N–H and O–H groups in total. The van der Waals surface area contributed by atoms with E-state index >= 15 is 0 Å². The summed E-state index contributed by atoms with van der Waals surface area (Å²) in [5.41, 5.74) is 1.06. The van der Waals surface area contributed by atoms with Gasteiger partial charge in [0.1, 0.15) is 6.04 Å². The molecule has 0 aromatic heterocycles. The Morgan fingerprint density at radius 2 is 1.72 bits per heavy atom. The van der Waals surface area contributed by atoms with Crippen molar-refractivity contribution in [2.75, 3.05) is 10.0 Å². The molecule has 0 fully saturated rings. The second-order valence-electron chi connectivity index (χ2n) is 6.98. The van der Waals surface area contributed by atoms with Gasteiger partial charge in [0.25, 0.3) is 10.0 Å². The van der Waals surface area contributed by atoms with Crippen molar-refractivity contribution >= 4 is 44.8 Å². The summed E-state index contributed by atoms with van der Waals surface area (Å²) in [5, 5.41) is 5.54. The van der Waals surface area contributed by atoms with Gasteiger partial charge in [0.05, 0.1) is 15.6 Å². The number of hydrogen-bond acceptors (Lipinski definition) is 4. The maximum absolute atomic E-state index is 12.9. The van der Waals surface area contributed by atoms with Crippen molar-refractivity contribution in [1.82, 2.24) is 5.32 Å². The fourth-order valence-electron chi connectivity index (χ4n) is 2.69. The summed E-state index contributed by atoms with van der Waals surface area (Å²) < 4.78 is 28.2. The van der Waals surface area contributed by atoms with Crippen LogP contribution in [0.4, 0.5) is 11.4 Å². The van der Waals surface area contributed by atoms with E-state index in [9.17, 15) is 18.0 Å². The number of carbonyl (C=O) groups excluding carboxylic acids is 2. The third-order valence-electron chi connectivity index (χ3n) is 4.17. The number of amides is 2. The minimum absolute atomic E-state index is 0.0100. The molecule has 0 spiro atoms. The van der Waals surface area contributed by atoms with Crippen LogP contribution in [0.15, 0.2) is 47.4 Å². The molecule has 0 aliphatic carbocycles. The van der Waals surface area contributed by atoms with Gasteiger partial charge in [0.2, 0.25) is 11.8 Å². The van der Waals surface area contributed by atoms with Crippen molar-refractivity contribution in [1.29, 1.82) is 0 Å². The lowest BCUT2D eigenvalue weighted by Crippen LogP contribution is -2.46. The number of sulfonamides is 1. The van der Waals surface area contributed by atoms with Gasteiger partial charge in [-0.2, -0.15) is 0 Å². The predicted octanol–water partition coefficient (Wildman–Crippen LogP) is 3.55. The van der Waals surface area contributed by atoms with Crippen LogP contribution in [0.5, 0.6) is 0 Å². The molecule has 156 valence electrons. The molecule has 1 unspecified atom stereocenters. The molecular formula is C20H24ClN3O4S. The number of nitrogens with one attached hydrogen (secondary N) is 3. The minimum Gasteiger partial charge on any atom is -0.344 e. The molecule has 0 heterocycles. The largest absolute Gasteiger partial charge is 0.344 e. The van der Waals surface area contributed by atoms with Gasteiger partial charge in [-0.15, -0.1) is 0 Å². The Bertz CT molecular complexity index is 1020. The van der Waals surface area contributed by atoms with E-state index in [-0.39, 0.29) is 27.4 Å². The zero-order chi connectivity index (χ0) is 21.8. The van der Waals surface area contributed by atoms with Gasteiger partial charge in [-0.1, -0.05) is 43.6 Å². The van der Waals surface area contributed by atoms with E-state index in [1.165, 1.54) is 13.0 Å². The summed E-state index contributed by atoms with van der Waals surface area (Å²) in [6.45, 7) is 6.60. The van der Waals surface area contributed by atoms with Crippen LogP contribution >= 0.6 is 11.6 Å². The van der Waals surface area contributed by atoms with E-state index < -0.39 is 22.0 Å². The highest BCUT2D eigenvalue weighted by Crippen LogP contribution is 2.27. The molecule has 0 aliphatic heterocycles. The van der Waals surface area contributed by atoms with Gasteiger partial charge < -0.3 is 10.6 Å². The summed E-state index contributed by atoms with van der Waals surface area (Å²) in [6.07, 6.45) is 0. The van der Waals surface area contributed by atoms with Crippen LogP contribution in [-0.2, 0) is 19.6 Å². The van der Waals surface area contributed by atoms with E-state index in [1.54, 1.807) is 57.2 Å². The van der Waals surface area contributed by atoms with Crippen molar-refractivity contribution in [3.05, 3.63) is 53.1 Å². The molecule has 0 saturated carbocycles. The Hall–Kier alpha value is -2.58. The van der Waals surface area contributed by atoms with Crippen molar-refractivity contribution < 1.29 is 18.0 Å². The van der Waals surface area contributed by atoms with E-state index in [0.29, 0.717) is 11.3 Å². The monoisotopic (exact) mass is 437 g/mol. The predicted molar refractivity (Wildman–Crippen MR) is 115 cm³/mol. The SMILES string of the molecule is CC(=O)NC(C(=O)Nc1ccc(C)c(S(=O)(=O)Nc2ccccc2Cl)c1)C(C)C. The number of carbonyl (C=O) groups is 2. The first-order valence-corrected chi connectivity index (χ1v) is 10.8. The van der Waals surface area contributed by atoms with Crippen molar-refractivity contribution in [2.24, 2.45) is 5.92 Å². The zero-order valence-corrected chi connectivity index (χ0v) is 18.2. The van der Waals surface area contributed by atoms with E-state index in [0.717, 1.165) is 0 Å². The lowest BCUT2D eigenvalue weighted by Gasteiger charge is -2.21. The Kier molecular flexibility index (Phi) is 7.26. The molecule has 1 atom stereocenters. The van der Waals surface area contributed by atoms with Crippen molar-refractivity contribution in [2.45, 2.75) is 38.6 Å². The smallest absolute Gasteiger partial charge is 0.262 e. The highest BCUT2D eigenvalue weighted by molar-refractivity contribution is 7.92. The first-order chi connectivity index (χ1) is 13.5. The molecule has 0 aliphatic rings. The minimum atomic E-state index is -3.94. The molecule has 0 radical (unpaired) electrons. The van der Waals surface area contributed by atoms with Gasteiger partial charge in [0, 0.05) is 12.6 Å². The summed E-state index contributed by atoms with van der Waals surface area (Å²) in [7, 11) is -3.94. The van der Waals surface area contributed by atoms with Gasteiger partial charge in [0.15, 0.2) is 0 Å². The van der Waals surface area contributed by atoms with Crippen LogP contribution in [0.2, 0.25) is 5.02 Å². The molecular weight excluding hydrogens is 414 g/mol. The first-order valence-electron chi connectivity index (χ1n) is 8.97. The van der Waals surface area contributed by atoms with Gasteiger partial charge >= 0.3 is 0 Å². The van der Waals surface area contributed by atoms with Crippen LogP contribution in [-0.4, -0.2) is 26.3 Å². The van der Waals surface area contributed by atoms with Gasteiger partial charge in [-0.05, 0) is 42.7 Å². The number of para-hydroxylation sites is 1. The second kappa shape index (κ2) is 9.28. The van der Waals surface area contributed by atoms with Crippen LogP contribution in [0, 0.1) is 12.8 Å². The molecule has 29 heavy (non-hydrogen) atoms. The molecule has 7 nitrogen and oxygen atoms in total. The Balaban J connectivity index is 2.30. The maximum Gasteiger partial charge on any atom is 0.262 e. The molecule has 0 bridgehead atoms. The highest BCUT2D eigenvalue weighted by atomic mass is 35.5. The van der Waals surface area contributed by atoms with Gasteiger partial charge in [-0.25, -0.2) is 8.42 Å². The molecule has 2 rings (SSSR count). The first kappa shape index (κ1) is 22.7. The number of anilines is 2. The molecule has 2 aromatic carbocycles. The van der Waals surface area contributed by atoms with E-state index in [2.05, 4.69) is 15.4 Å². The lowest BCUT2D eigenvalue weighted by atomic mass is 10.0.